The third kappa shape index (κ3) is 4.02. The third-order valence-electron chi connectivity index (χ3n) is 2.41. The molecule has 0 fully saturated rings. The Morgan fingerprint density at radius 2 is 1.39 bits per heavy atom. The van der Waals surface area contributed by atoms with E-state index in [9.17, 15) is 30.7 Å². The Balaban J connectivity index is 2.35. The number of pyridine rings is 1. The number of hydrogen-bond acceptors (Lipinski definition) is 3. The SMILES string of the molecule is Fc1nc(F)c(F)c(Oc2ccccc2OCC(F)(F)F)c1F. The zero-order valence-corrected chi connectivity index (χ0v) is 10.9. The van der Waals surface area contributed by atoms with Gasteiger partial charge in [-0.05, 0) is 12.1 Å². The van der Waals surface area contributed by atoms with E-state index in [4.69, 9.17) is 0 Å². The highest BCUT2D eigenvalue weighted by Gasteiger charge is 2.29. The molecule has 1 aromatic heterocycles. The van der Waals surface area contributed by atoms with Gasteiger partial charge in [-0.25, -0.2) is 0 Å². The molecular weight excluding hydrogens is 335 g/mol. The third-order valence-corrected chi connectivity index (χ3v) is 2.41. The van der Waals surface area contributed by atoms with Crippen LogP contribution >= 0.6 is 0 Å². The number of alkyl halides is 3. The van der Waals surface area contributed by atoms with Crippen LogP contribution in [0.3, 0.4) is 0 Å². The molecule has 0 aliphatic rings. The van der Waals surface area contributed by atoms with E-state index in [1.54, 1.807) is 0 Å². The van der Waals surface area contributed by atoms with Crippen LogP contribution in [0.5, 0.6) is 17.2 Å². The number of ether oxygens (including phenoxy) is 2. The summed E-state index contributed by atoms with van der Waals surface area (Å²) in [5.74, 6) is -10.4. The second kappa shape index (κ2) is 6.31. The maximum atomic E-state index is 13.4. The molecule has 0 spiro atoms. The number of nitrogens with zero attached hydrogens (tertiary/aromatic N) is 1. The Kier molecular flexibility index (Phi) is 4.62. The van der Waals surface area contributed by atoms with Crippen LogP contribution in [0.25, 0.3) is 0 Å². The first kappa shape index (κ1) is 16.8. The lowest BCUT2D eigenvalue weighted by atomic mass is 10.3. The van der Waals surface area contributed by atoms with Gasteiger partial charge in [0.15, 0.2) is 18.1 Å². The van der Waals surface area contributed by atoms with E-state index in [1.165, 1.54) is 12.1 Å². The van der Waals surface area contributed by atoms with Gasteiger partial charge in [0, 0.05) is 0 Å². The number of halogens is 7. The van der Waals surface area contributed by atoms with Crippen LogP contribution in [0.2, 0.25) is 0 Å². The quantitative estimate of drug-likeness (QED) is 0.611. The van der Waals surface area contributed by atoms with Crippen molar-refractivity contribution >= 4 is 0 Å². The minimum absolute atomic E-state index is 0.527. The van der Waals surface area contributed by atoms with Gasteiger partial charge in [0.1, 0.15) is 0 Å². The molecular formula is C13H6F7NO2. The van der Waals surface area contributed by atoms with Gasteiger partial charge in [-0.3, -0.25) is 0 Å². The molecule has 0 atom stereocenters. The molecule has 1 aromatic carbocycles. The Bertz CT molecular complexity index is 692. The Morgan fingerprint density at radius 1 is 0.870 bits per heavy atom. The average Bonchev–Trinajstić information content (AvgIpc) is 2.48. The lowest BCUT2D eigenvalue weighted by Crippen LogP contribution is -2.19. The molecule has 0 aliphatic heterocycles. The van der Waals surface area contributed by atoms with Crippen molar-refractivity contribution in [1.29, 1.82) is 0 Å². The Morgan fingerprint density at radius 3 is 1.91 bits per heavy atom. The van der Waals surface area contributed by atoms with Crippen molar-refractivity contribution in [3.63, 3.8) is 0 Å². The van der Waals surface area contributed by atoms with Crippen LogP contribution < -0.4 is 9.47 Å². The summed E-state index contributed by atoms with van der Waals surface area (Å²) in [7, 11) is 0. The summed E-state index contributed by atoms with van der Waals surface area (Å²) >= 11 is 0. The van der Waals surface area contributed by atoms with E-state index in [2.05, 4.69) is 14.5 Å². The predicted octanol–water partition coefficient (Wildman–Crippen LogP) is 4.37. The fourth-order valence-electron chi connectivity index (χ4n) is 1.48. The summed E-state index contributed by atoms with van der Waals surface area (Å²) in [6.07, 6.45) is -4.67. The summed E-state index contributed by atoms with van der Waals surface area (Å²) < 4.78 is 98.3. The molecule has 1 heterocycles. The van der Waals surface area contributed by atoms with E-state index >= 15 is 0 Å². The molecule has 124 valence electrons. The monoisotopic (exact) mass is 341 g/mol. The van der Waals surface area contributed by atoms with Gasteiger partial charge in [0.2, 0.25) is 17.4 Å². The Hall–Kier alpha value is -2.52. The van der Waals surface area contributed by atoms with Crippen LogP contribution in [-0.4, -0.2) is 17.8 Å². The van der Waals surface area contributed by atoms with Gasteiger partial charge in [-0.15, -0.1) is 0 Å². The number of rotatable bonds is 4. The smallest absolute Gasteiger partial charge is 0.422 e. The van der Waals surface area contributed by atoms with Crippen molar-refractivity contribution in [2.24, 2.45) is 0 Å². The van der Waals surface area contributed by atoms with E-state index in [-0.39, 0.29) is 0 Å². The maximum absolute atomic E-state index is 13.4. The van der Waals surface area contributed by atoms with Crippen LogP contribution in [0.1, 0.15) is 0 Å². The van der Waals surface area contributed by atoms with Crippen LogP contribution in [0, 0.1) is 23.5 Å². The zero-order valence-electron chi connectivity index (χ0n) is 10.9. The highest BCUT2D eigenvalue weighted by atomic mass is 19.4. The topological polar surface area (TPSA) is 31.4 Å². The zero-order chi connectivity index (χ0) is 17.2. The lowest BCUT2D eigenvalue weighted by molar-refractivity contribution is -0.153. The van der Waals surface area contributed by atoms with Crippen LogP contribution in [-0.2, 0) is 0 Å². The predicted molar refractivity (Wildman–Crippen MR) is 62.1 cm³/mol. The fourth-order valence-corrected chi connectivity index (χ4v) is 1.48. The summed E-state index contributed by atoms with van der Waals surface area (Å²) in [6, 6.07) is 4.53. The molecule has 3 nitrogen and oxygen atoms in total. The van der Waals surface area contributed by atoms with Crippen molar-refractivity contribution in [3.8, 4) is 17.2 Å². The van der Waals surface area contributed by atoms with Gasteiger partial charge in [0.05, 0.1) is 0 Å². The molecule has 0 saturated carbocycles. The highest BCUT2D eigenvalue weighted by molar-refractivity contribution is 5.43. The van der Waals surface area contributed by atoms with Crippen molar-refractivity contribution < 1.29 is 40.2 Å². The summed E-state index contributed by atoms with van der Waals surface area (Å²) in [6.45, 7) is -1.70. The van der Waals surface area contributed by atoms with Gasteiger partial charge >= 0.3 is 6.18 Å². The maximum Gasteiger partial charge on any atom is 0.422 e. The van der Waals surface area contributed by atoms with E-state index < -0.39 is 53.6 Å². The number of aromatic nitrogens is 1. The molecule has 0 aliphatic carbocycles. The van der Waals surface area contributed by atoms with Crippen LogP contribution in [0.15, 0.2) is 24.3 Å². The summed E-state index contributed by atoms with van der Waals surface area (Å²) in [5, 5.41) is 0. The molecule has 10 heteroatoms. The molecule has 0 bridgehead atoms. The minimum Gasteiger partial charge on any atom is -0.480 e. The minimum atomic E-state index is -4.67. The van der Waals surface area contributed by atoms with Gasteiger partial charge in [-0.1, -0.05) is 12.1 Å². The number of para-hydroxylation sites is 2. The lowest BCUT2D eigenvalue weighted by Gasteiger charge is -2.14. The molecule has 0 saturated heterocycles. The first-order valence-corrected chi connectivity index (χ1v) is 5.85. The van der Waals surface area contributed by atoms with Crippen molar-refractivity contribution in [2.45, 2.75) is 6.18 Å². The normalized spacial score (nSPS) is 11.4. The largest absolute Gasteiger partial charge is 0.480 e. The molecule has 0 N–H and O–H groups in total. The Labute approximate surface area is 124 Å². The van der Waals surface area contributed by atoms with E-state index in [1.807, 2.05) is 0 Å². The molecule has 0 amide bonds. The van der Waals surface area contributed by atoms with E-state index in [0.29, 0.717) is 0 Å². The first-order chi connectivity index (χ1) is 10.7. The first-order valence-electron chi connectivity index (χ1n) is 5.85. The standard InChI is InChI=1S/C13H6F7NO2/c14-8-10(9(15)12(17)21-11(8)16)23-7-4-2-1-3-6(7)22-5-13(18,19)20/h1-4H,5H2. The second-order valence-electron chi connectivity index (χ2n) is 4.10. The van der Waals surface area contributed by atoms with Crippen molar-refractivity contribution in [2.75, 3.05) is 6.61 Å². The number of benzene rings is 1. The summed E-state index contributed by atoms with van der Waals surface area (Å²) in [4.78, 5) is 2.32. The van der Waals surface area contributed by atoms with Gasteiger partial charge in [0.25, 0.3) is 11.9 Å². The highest BCUT2D eigenvalue weighted by Crippen LogP contribution is 2.35. The number of hydrogen-bond donors (Lipinski definition) is 0. The van der Waals surface area contributed by atoms with Gasteiger partial charge < -0.3 is 9.47 Å². The van der Waals surface area contributed by atoms with Crippen molar-refractivity contribution in [3.05, 3.63) is 47.8 Å². The van der Waals surface area contributed by atoms with Gasteiger partial charge in [-0.2, -0.15) is 35.7 Å². The molecule has 0 unspecified atom stereocenters. The molecule has 23 heavy (non-hydrogen) atoms. The summed E-state index contributed by atoms with van der Waals surface area (Å²) in [5.41, 5.74) is 0. The fraction of sp³-hybridized carbons (Fsp3) is 0.154. The van der Waals surface area contributed by atoms with E-state index in [0.717, 1.165) is 12.1 Å². The molecule has 0 radical (unpaired) electrons. The molecule has 2 rings (SSSR count). The second-order valence-corrected chi connectivity index (χ2v) is 4.10. The van der Waals surface area contributed by atoms with Crippen molar-refractivity contribution in [1.82, 2.24) is 4.98 Å². The average molecular weight is 341 g/mol. The van der Waals surface area contributed by atoms with Crippen LogP contribution in [0.4, 0.5) is 30.7 Å². The molecule has 2 aromatic rings.